The van der Waals surface area contributed by atoms with Crippen molar-refractivity contribution in [3.05, 3.63) is 72.7 Å². The highest BCUT2D eigenvalue weighted by Gasteiger charge is 2.34. The lowest BCUT2D eigenvalue weighted by Crippen LogP contribution is -2.42. The molecule has 1 heterocycles. The largest absolute Gasteiger partial charge is 0.573 e. The van der Waals surface area contributed by atoms with Crippen molar-refractivity contribution in [3.8, 4) is 17.2 Å². The first-order valence-corrected chi connectivity index (χ1v) is 10.6. The highest BCUT2D eigenvalue weighted by Crippen LogP contribution is 2.37. The van der Waals surface area contributed by atoms with Crippen LogP contribution in [0.3, 0.4) is 0 Å². The van der Waals surface area contributed by atoms with Crippen molar-refractivity contribution in [2.75, 3.05) is 0 Å². The molecule has 1 fully saturated rings. The molecule has 174 valence electrons. The Kier molecular flexibility index (Phi) is 6.48. The van der Waals surface area contributed by atoms with E-state index in [1.807, 2.05) is 24.5 Å². The summed E-state index contributed by atoms with van der Waals surface area (Å²) < 4.78 is 47.6. The van der Waals surface area contributed by atoms with E-state index in [0.717, 1.165) is 24.1 Å². The van der Waals surface area contributed by atoms with Crippen LogP contribution in [0, 0.1) is 5.92 Å². The maximum atomic E-state index is 12.6. The van der Waals surface area contributed by atoms with Crippen LogP contribution >= 0.6 is 0 Å². The molecule has 1 saturated carbocycles. The van der Waals surface area contributed by atoms with Crippen LogP contribution in [0.2, 0.25) is 0 Å². The minimum absolute atomic E-state index is 0.0158. The summed E-state index contributed by atoms with van der Waals surface area (Å²) >= 11 is 0. The Morgan fingerprint density at radius 1 is 1.12 bits per heavy atom. The Hall–Kier alpha value is -3.62. The Balaban J connectivity index is 1.49. The van der Waals surface area contributed by atoms with Crippen LogP contribution in [0.25, 0.3) is 5.70 Å². The van der Waals surface area contributed by atoms with Crippen LogP contribution in [0.1, 0.15) is 31.7 Å². The highest BCUT2D eigenvalue weighted by molar-refractivity contribution is 5.78. The number of nitrogens with two attached hydrogens (primary N) is 1. The van der Waals surface area contributed by atoms with Crippen LogP contribution in [-0.4, -0.2) is 23.3 Å². The molecule has 0 bridgehead atoms. The standard InChI is InChI=1S/C24H25F3N4O2/c1-16(28)29-13-14-31-15-20(30-23(31)18-5-4-6-18)17-9-11-19(12-10-17)32-21-7-2-3-8-22(21)33-24(25,26)27/h2-3,7-15,18,23,30H,4-6H2,1H3,(H2,28,29)/b14-13-. The second-order valence-corrected chi connectivity index (χ2v) is 7.96. The second-order valence-electron chi connectivity index (χ2n) is 7.96. The number of rotatable bonds is 7. The summed E-state index contributed by atoms with van der Waals surface area (Å²) in [5.74, 6) is 1.02. The van der Waals surface area contributed by atoms with Crippen molar-refractivity contribution in [2.24, 2.45) is 16.6 Å². The predicted octanol–water partition coefficient (Wildman–Crippen LogP) is 5.56. The average Bonchev–Trinajstić information content (AvgIpc) is 3.11. The number of ether oxygens (including phenoxy) is 2. The normalized spacial score (nSPS) is 19.3. The first-order chi connectivity index (χ1) is 15.8. The molecule has 1 aliphatic carbocycles. The minimum Gasteiger partial charge on any atom is -0.453 e. The number of aliphatic imine (C=N–C) groups is 1. The number of hydrogen-bond donors (Lipinski definition) is 2. The van der Waals surface area contributed by atoms with Crippen molar-refractivity contribution in [1.82, 2.24) is 10.2 Å². The molecule has 33 heavy (non-hydrogen) atoms. The summed E-state index contributed by atoms with van der Waals surface area (Å²) in [5, 5.41) is 3.57. The minimum atomic E-state index is -4.80. The topological polar surface area (TPSA) is 72.1 Å². The van der Waals surface area contributed by atoms with Gasteiger partial charge in [-0.15, -0.1) is 13.2 Å². The fourth-order valence-electron chi connectivity index (χ4n) is 3.71. The second kappa shape index (κ2) is 9.48. The number of amidine groups is 1. The lowest BCUT2D eigenvalue weighted by molar-refractivity contribution is -0.275. The summed E-state index contributed by atoms with van der Waals surface area (Å²) in [4.78, 5) is 6.22. The van der Waals surface area contributed by atoms with Crippen LogP contribution < -0.4 is 20.5 Å². The van der Waals surface area contributed by atoms with Crippen molar-refractivity contribution in [2.45, 2.75) is 38.7 Å². The number of hydrogen-bond acceptors (Lipinski definition) is 5. The number of alkyl halides is 3. The molecule has 1 atom stereocenters. The van der Waals surface area contributed by atoms with Crippen LogP contribution in [-0.2, 0) is 0 Å². The Labute approximate surface area is 190 Å². The van der Waals surface area contributed by atoms with E-state index >= 15 is 0 Å². The van der Waals surface area contributed by atoms with Gasteiger partial charge in [-0.2, -0.15) is 0 Å². The van der Waals surface area contributed by atoms with E-state index in [2.05, 4.69) is 19.9 Å². The van der Waals surface area contributed by atoms with Gasteiger partial charge in [-0.3, -0.25) is 0 Å². The van der Waals surface area contributed by atoms with Crippen molar-refractivity contribution >= 4 is 11.5 Å². The smallest absolute Gasteiger partial charge is 0.453 e. The van der Waals surface area contributed by atoms with Gasteiger partial charge in [-0.25, -0.2) is 4.99 Å². The Morgan fingerprint density at radius 2 is 1.82 bits per heavy atom. The quantitative estimate of drug-likeness (QED) is 0.420. The average molecular weight is 458 g/mol. The maximum Gasteiger partial charge on any atom is 0.573 e. The third-order valence-corrected chi connectivity index (χ3v) is 5.48. The number of nitrogens with one attached hydrogen (secondary N) is 1. The molecule has 2 aromatic carbocycles. The first kappa shape index (κ1) is 22.6. The van der Waals surface area contributed by atoms with Gasteiger partial charge in [-0.1, -0.05) is 18.6 Å². The molecular formula is C24H25F3N4O2. The molecule has 9 heteroatoms. The van der Waals surface area contributed by atoms with E-state index < -0.39 is 12.1 Å². The van der Waals surface area contributed by atoms with E-state index in [-0.39, 0.29) is 11.9 Å². The number of benzene rings is 2. The van der Waals surface area contributed by atoms with Crippen molar-refractivity contribution in [1.29, 1.82) is 0 Å². The monoisotopic (exact) mass is 458 g/mol. The summed E-state index contributed by atoms with van der Waals surface area (Å²) in [6.45, 7) is 1.73. The van der Waals surface area contributed by atoms with Gasteiger partial charge in [0.1, 0.15) is 11.9 Å². The van der Waals surface area contributed by atoms with Crippen LogP contribution in [0.4, 0.5) is 13.2 Å². The zero-order valence-corrected chi connectivity index (χ0v) is 18.0. The molecule has 0 radical (unpaired) electrons. The molecule has 2 aromatic rings. The SMILES string of the molecule is CC(N)=N/C=C\N1C=C(c2ccc(Oc3ccccc3OC(F)(F)F)cc2)NC1C1CCC1. The van der Waals surface area contributed by atoms with E-state index in [0.29, 0.717) is 17.5 Å². The fraction of sp³-hybridized carbons (Fsp3) is 0.292. The summed E-state index contributed by atoms with van der Waals surface area (Å²) in [5.41, 5.74) is 7.48. The van der Waals surface area contributed by atoms with E-state index in [1.165, 1.54) is 24.6 Å². The predicted molar refractivity (Wildman–Crippen MR) is 120 cm³/mol. The first-order valence-electron chi connectivity index (χ1n) is 10.6. The van der Waals surface area contributed by atoms with Crippen LogP contribution in [0.5, 0.6) is 17.2 Å². The lowest BCUT2D eigenvalue weighted by atomic mass is 9.82. The van der Waals surface area contributed by atoms with Gasteiger partial charge in [0, 0.05) is 18.6 Å². The lowest BCUT2D eigenvalue weighted by Gasteiger charge is -2.36. The summed E-state index contributed by atoms with van der Waals surface area (Å²) in [7, 11) is 0. The van der Waals surface area contributed by atoms with Crippen molar-refractivity contribution < 1.29 is 22.6 Å². The summed E-state index contributed by atoms with van der Waals surface area (Å²) in [6.07, 6.45) is 4.48. The van der Waals surface area contributed by atoms with E-state index in [9.17, 15) is 13.2 Å². The molecule has 1 aliphatic heterocycles. The van der Waals surface area contributed by atoms with Crippen LogP contribution in [0.15, 0.2) is 72.1 Å². The third-order valence-electron chi connectivity index (χ3n) is 5.48. The van der Waals surface area contributed by atoms with Crippen molar-refractivity contribution in [3.63, 3.8) is 0 Å². The Bertz CT molecular complexity index is 1060. The summed E-state index contributed by atoms with van der Waals surface area (Å²) in [6, 6.07) is 12.8. The van der Waals surface area contributed by atoms with Gasteiger partial charge in [0.05, 0.1) is 11.5 Å². The molecule has 4 rings (SSSR count). The molecule has 1 unspecified atom stereocenters. The number of halogens is 3. The third kappa shape index (κ3) is 5.79. The van der Waals surface area contributed by atoms with Gasteiger partial charge in [0.15, 0.2) is 11.5 Å². The number of para-hydroxylation sites is 2. The fourth-order valence-corrected chi connectivity index (χ4v) is 3.71. The highest BCUT2D eigenvalue weighted by atomic mass is 19.4. The van der Waals surface area contributed by atoms with Gasteiger partial charge in [-0.05, 0) is 67.6 Å². The van der Waals surface area contributed by atoms with Gasteiger partial charge >= 0.3 is 6.36 Å². The molecular weight excluding hydrogens is 433 g/mol. The van der Waals surface area contributed by atoms with Gasteiger partial charge in [0.2, 0.25) is 0 Å². The zero-order chi connectivity index (χ0) is 23.4. The molecule has 0 saturated heterocycles. The number of nitrogens with zero attached hydrogens (tertiary/aromatic N) is 2. The molecule has 3 N–H and O–H groups in total. The molecule has 0 spiro atoms. The maximum absolute atomic E-state index is 12.6. The van der Waals surface area contributed by atoms with Gasteiger partial charge in [0.25, 0.3) is 0 Å². The molecule has 0 amide bonds. The van der Waals surface area contributed by atoms with E-state index in [1.54, 1.807) is 31.3 Å². The Morgan fingerprint density at radius 3 is 2.42 bits per heavy atom. The zero-order valence-electron chi connectivity index (χ0n) is 18.0. The molecule has 0 aromatic heterocycles. The molecule has 2 aliphatic rings. The van der Waals surface area contributed by atoms with Gasteiger partial charge < -0.3 is 25.4 Å². The molecule has 6 nitrogen and oxygen atoms in total. The van der Waals surface area contributed by atoms with E-state index in [4.69, 9.17) is 10.5 Å².